The molecule has 0 radical (unpaired) electrons. The van der Waals surface area contributed by atoms with Crippen molar-refractivity contribution in [2.45, 2.75) is 25.4 Å². The summed E-state index contributed by atoms with van der Waals surface area (Å²) < 4.78 is 0. The molecule has 0 saturated carbocycles. The number of rotatable bonds is 2. The quantitative estimate of drug-likeness (QED) is 0.821. The lowest BCUT2D eigenvalue weighted by Gasteiger charge is -2.37. The van der Waals surface area contributed by atoms with Gasteiger partial charge in [-0.3, -0.25) is 4.90 Å². The topological polar surface area (TPSA) is 27.0 Å². The first-order valence-electron chi connectivity index (χ1n) is 7.09. The van der Waals surface area contributed by atoms with Crippen LogP contribution in [0.3, 0.4) is 0 Å². The molecule has 0 N–H and O–H groups in total. The molecule has 2 aromatic carbocycles. The van der Waals surface area contributed by atoms with Crippen LogP contribution in [-0.4, -0.2) is 11.4 Å². The maximum Gasteiger partial charge on any atom is 0.124 e. The number of hydrogen-bond donors (Lipinski definition) is 0. The minimum atomic E-state index is -0.143. The summed E-state index contributed by atoms with van der Waals surface area (Å²) in [6, 6.07) is 21.4. The predicted octanol–water partition coefficient (Wildman–Crippen LogP) is 3.87. The van der Waals surface area contributed by atoms with E-state index in [-0.39, 0.29) is 12.1 Å². The minimum absolute atomic E-state index is 0.143. The lowest BCUT2D eigenvalue weighted by atomic mass is 9.91. The zero-order valence-electron chi connectivity index (χ0n) is 11.7. The number of fused-ring (bicyclic) bond motifs is 1. The van der Waals surface area contributed by atoms with Crippen molar-refractivity contribution in [3.8, 4) is 6.07 Å². The van der Waals surface area contributed by atoms with E-state index in [9.17, 15) is 5.26 Å². The maximum atomic E-state index is 9.61. The number of nitrogens with zero attached hydrogens (tertiary/aromatic N) is 2. The molecule has 2 nitrogen and oxygen atoms in total. The van der Waals surface area contributed by atoms with E-state index >= 15 is 0 Å². The molecule has 2 atom stereocenters. The summed E-state index contributed by atoms with van der Waals surface area (Å²) in [5.74, 6) is 0. The normalized spacial score (nSPS) is 19.9. The Hall–Kier alpha value is -2.11. The monoisotopic (exact) mass is 262 g/mol. The maximum absolute atomic E-state index is 9.61. The van der Waals surface area contributed by atoms with Gasteiger partial charge in [-0.15, -0.1) is 0 Å². The fourth-order valence-corrected chi connectivity index (χ4v) is 3.07. The highest BCUT2D eigenvalue weighted by Gasteiger charge is 2.30. The van der Waals surface area contributed by atoms with Crippen molar-refractivity contribution in [3.63, 3.8) is 0 Å². The third kappa shape index (κ3) is 2.21. The van der Waals surface area contributed by atoms with Gasteiger partial charge in [0.15, 0.2) is 0 Å². The highest BCUT2D eigenvalue weighted by molar-refractivity contribution is 5.36. The molecule has 1 aliphatic rings. The van der Waals surface area contributed by atoms with Gasteiger partial charge in [-0.05, 0) is 30.0 Å². The molecule has 3 rings (SSSR count). The summed E-state index contributed by atoms with van der Waals surface area (Å²) in [4.78, 5) is 2.30. The molecule has 20 heavy (non-hydrogen) atoms. The van der Waals surface area contributed by atoms with Crippen molar-refractivity contribution in [2.75, 3.05) is 6.54 Å². The molecule has 0 aliphatic carbocycles. The van der Waals surface area contributed by atoms with Gasteiger partial charge in [0.25, 0.3) is 0 Å². The fraction of sp³-hybridized carbons (Fsp3) is 0.278. The second-order valence-electron chi connectivity index (χ2n) is 5.30. The van der Waals surface area contributed by atoms with Gasteiger partial charge in [-0.2, -0.15) is 5.26 Å². The van der Waals surface area contributed by atoms with Crippen molar-refractivity contribution in [1.29, 1.82) is 5.26 Å². The van der Waals surface area contributed by atoms with Crippen LogP contribution in [-0.2, 0) is 6.42 Å². The van der Waals surface area contributed by atoms with E-state index in [4.69, 9.17) is 0 Å². The second-order valence-corrected chi connectivity index (χ2v) is 5.30. The Kier molecular flexibility index (Phi) is 3.54. The molecule has 1 heterocycles. The summed E-state index contributed by atoms with van der Waals surface area (Å²) in [7, 11) is 0. The number of hydrogen-bond acceptors (Lipinski definition) is 2. The van der Waals surface area contributed by atoms with E-state index in [1.165, 1.54) is 16.7 Å². The Labute approximate surface area is 120 Å². The molecule has 2 aromatic rings. The molecule has 2 heteroatoms. The third-order valence-electron chi connectivity index (χ3n) is 4.22. The first kappa shape index (κ1) is 12.9. The van der Waals surface area contributed by atoms with Crippen LogP contribution in [0.1, 0.15) is 35.7 Å². The Morgan fingerprint density at radius 1 is 1.10 bits per heavy atom. The lowest BCUT2D eigenvalue weighted by Crippen LogP contribution is -2.36. The molecule has 0 amide bonds. The van der Waals surface area contributed by atoms with Crippen molar-refractivity contribution in [1.82, 2.24) is 4.90 Å². The van der Waals surface area contributed by atoms with Crippen LogP contribution in [0.2, 0.25) is 0 Å². The molecule has 0 spiro atoms. The van der Waals surface area contributed by atoms with Crippen molar-refractivity contribution in [3.05, 3.63) is 71.3 Å². The Morgan fingerprint density at radius 3 is 2.55 bits per heavy atom. The molecule has 100 valence electrons. The SMILES string of the molecule is C[C@@H](c1ccccc1)N1CCc2ccccc2[C@@H]1C#N. The zero-order chi connectivity index (χ0) is 13.9. The van der Waals surface area contributed by atoms with Crippen molar-refractivity contribution in [2.24, 2.45) is 0 Å². The van der Waals surface area contributed by atoms with E-state index in [1.807, 2.05) is 12.1 Å². The molecule has 0 fully saturated rings. The summed E-state index contributed by atoms with van der Waals surface area (Å²) in [6.45, 7) is 3.12. The first-order valence-corrected chi connectivity index (χ1v) is 7.09. The average Bonchev–Trinajstić information content (AvgIpc) is 2.54. The van der Waals surface area contributed by atoms with Crippen LogP contribution >= 0.6 is 0 Å². The van der Waals surface area contributed by atoms with Crippen molar-refractivity contribution < 1.29 is 0 Å². The second kappa shape index (κ2) is 5.48. The number of benzene rings is 2. The van der Waals surface area contributed by atoms with Gasteiger partial charge in [-0.1, -0.05) is 54.6 Å². The summed E-state index contributed by atoms with van der Waals surface area (Å²) in [5, 5.41) is 9.61. The Balaban J connectivity index is 1.94. The van der Waals surface area contributed by atoms with Gasteiger partial charge in [0.05, 0.1) is 6.07 Å². The largest absolute Gasteiger partial charge is 0.277 e. The smallest absolute Gasteiger partial charge is 0.124 e. The standard InChI is InChI=1S/C18H18N2/c1-14(15-7-3-2-4-8-15)20-12-11-16-9-5-6-10-17(16)18(20)13-19/h2-10,14,18H,11-12H2,1H3/t14-,18-/m0/s1. The highest BCUT2D eigenvalue weighted by Crippen LogP contribution is 2.35. The lowest BCUT2D eigenvalue weighted by molar-refractivity contribution is 0.166. The van der Waals surface area contributed by atoms with Gasteiger partial charge in [-0.25, -0.2) is 0 Å². The minimum Gasteiger partial charge on any atom is -0.277 e. The van der Waals surface area contributed by atoms with Crippen LogP contribution in [0.15, 0.2) is 54.6 Å². The van der Waals surface area contributed by atoms with Gasteiger partial charge >= 0.3 is 0 Å². The zero-order valence-corrected chi connectivity index (χ0v) is 11.7. The summed E-state index contributed by atoms with van der Waals surface area (Å²) in [6.07, 6.45) is 1.02. The third-order valence-corrected chi connectivity index (χ3v) is 4.22. The molecule has 0 aromatic heterocycles. The van der Waals surface area contributed by atoms with Crippen LogP contribution in [0.4, 0.5) is 0 Å². The van der Waals surface area contributed by atoms with E-state index in [2.05, 4.69) is 60.4 Å². The average molecular weight is 262 g/mol. The van der Waals surface area contributed by atoms with Crippen molar-refractivity contribution >= 4 is 0 Å². The van der Waals surface area contributed by atoms with Gasteiger partial charge < -0.3 is 0 Å². The van der Waals surface area contributed by atoms with Crippen LogP contribution in [0.5, 0.6) is 0 Å². The molecule has 0 saturated heterocycles. The summed E-state index contributed by atoms with van der Waals surface area (Å²) in [5.41, 5.74) is 3.76. The molecular formula is C18H18N2. The van der Waals surface area contributed by atoms with E-state index in [1.54, 1.807) is 0 Å². The van der Waals surface area contributed by atoms with Gasteiger partial charge in [0.1, 0.15) is 6.04 Å². The van der Waals surface area contributed by atoms with Gasteiger partial charge in [0.2, 0.25) is 0 Å². The van der Waals surface area contributed by atoms with Crippen LogP contribution < -0.4 is 0 Å². The summed E-state index contributed by atoms with van der Waals surface area (Å²) >= 11 is 0. The molecule has 1 aliphatic heterocycles. The molecule has 0 unspecified atom stereocenters. The van der Waals surface area contributed by atoms with E-state index < -0.39 is 0 Å². The molecule has 0 bridgehead atoms. The Morgan fingerprint density at radius 2 is 1.80 bits per heavy atom. The predicted molar refractivity (Wildman–Crippen MR) is 80.1 cm³/mol. The van der Waals surface area contributed by atoms with E-state index in [0.29, 0.717) is 0 Å². The van der Waals surface area contributed by atoms with Gasteiger partial charge in [0, 0.05) is 12.6 Å². The number of nitriles is 1. The first-order chi connectivity index (χ1) is 9.81. The molecular weight excluding hydrogens is 244 g/mol. The van der Waals surface area contributed by atoms with E-state index in [0.717, 1.165) is 13.0 Å². The highest BCUT2D eigenvalue weighted by atomic mass is 15.2. The Bertz CT molecular complexity index is 627. The fourth-order valence-electron chi connectivity index (χ4n) is 3.07. The van der Waals surface area contributed by atoms with Crippen LogP contribution in [0, 0.1) is 11.3 Å². The van der Waals surface area contributed by atoms with Crippen LogP contribution in [0.25, 0.3) is 0 Å².